The number of benzene rings is 1. The van der Waals surface area contributed by atoms with E-state index in [2.05, 4.69) is 5.16 Å². The molecule has 0 aromatic heterocycles. The average molecular weight is 371 g/mol. The predicted octanol–water partition coefficient (Wildman–Crippen LogP) is 3.07. The van der Waals surface area contributed by atoms with Crippen LogP contribution in [0.2, 0.25) is 0 Å². The highest BCUT2D eigenvalue weighted by Gasteiger charge is 2.72. The Kier molecular flexibility index (Phi) is 4.66. The molecular formula is C21H25NO5. The summed E-state index contributed by atoms with van der Waals surface area (Å²) >= 11 is 0. The minimum Gasteiger partial charge on any atom is -0.465 e. The monoisotopic (exact) mass is 371 g/mol. The maximum Gasteiger partial charge on any atom is 0.324 e. The van der Waals surface area contributed by atoms with E-state index in [1.54, 1.807) is 13.8 Å². The largest absolute Gasteiger partial charge is 0.465 e. The first-order chi connectivity index (χ1) is 13.2. The molecule has 0 radical (unpaired) electrons. The summed E-state index contributed by atoms with van der Waals surface area (Å²) in [7, 11) is 0. The molecular weight excluding hydrogens is 346 g/mol. The van der Waals surface area contributed by atoms with Gasteiger partial charge in [-0.25, -0.2) is 0 Å². The van der Waals surface area contributed by atoms with E-state index in [0.29, 0.717) is 0 Å². The maximum atomic E-state index is 13.4. The Morgan fingerprint density at radius 2 is 1.78 bits per heavy atom. The number of carbonyl (C=O) groups excluding carboxylic acids is 2. The van der Waals surface area contributed by atoms with Crippen LogP contribution >= 0.6 is 0 Å². The highest BCUT2D eigenvalue weighted by Crippen LogP contribution is 2.62. The van der Waals surface area contributed by atoms with E-state index in [1.807, 2.05) is 30.3 Å². The van der Waals surface area contributed by atoms with Gasteiger partial charge in [0, 0.05) is 5.92 Å². The first-order valence-electron chi connectivity index (χ1n) is 9.79. The molecule has 0 unspecified atom stereocenters. The van der Waals surface area contributed by atoms with E-state index in [0.717, 1.165) is 30.5 Å². The van der Waals surface area contributed by atoms with Gasteiger partial charge in [0.05, 0.1) is 24.8 Å². The van der Waals surface area contributed by atoms with Gasteiger partial charge in [-0.3, -0.25) is 9.59 Å². The Morgan fingerprint density at radius 1 is 1.11 bits per heavy atom. The molecule has 1 aromatic rings. The third-order valence-corrected chi connectivity index (χ3v) is 6.17. The molecule has 27 heavy (non-hydrogen) atoms. The molecule has 0 amide bonds. The lowest BCUT2D eigenvalue weighted by Crippen LogP contribution is -2.51. The van der Waals surface area contributed by atoms with Crippen molar-refractivity contribution in [3.63, 3.8) is 0 Å². The average Bonchev–Trinajstić information content (AvgIpc) is 3.24. The number of nitrogens with zero attached hydrogens (tertiary/aromatic N) is 1. The highest BCUT2D eigenvalue weighted by molar-refractivity contribution is 6.13. The number of carbonyl (C=O) groups is 2. The van der Waals surface area contributed by atoms with Crippen molar-refractivity contribution in [3.8, 4) is 0 Å². The molecule has 144 valence electrons. The molecule has 0 bridgehead atoms. The fourth-order valence-electron chi connectivity index (χ4n) is 5.27. The number of hydrogen-bond acceptors (Lipinski definition) is 6. The minimum atomic E-state index is -1.40. The fourth-order valence-corrected chi connectivity index (χ4v) is 5.27. The smallest absolute Gasteiger partial charge is 0.324 e. The van der Waals surface area contributed by atoms with Gasteiger partial charge >= 0.3 is 11.9 Å². The quantitative estimate of drug-likeness (QED) is 0.587. The summed E-state index contributed by atoms with van der Waals surface area (Å²) in [6.45, 7) is 3.94. The van der Waals surface area contributed by atoms with Gasteiger partial charge in [0.2, 0.25) is 0 Å². The van der Waals surface area contributed by atoms with Crippen molar-refractivity contribution >= 4 is 17.7 Å². The van der Waals surface area contributed by atoms with Crippen LogP contribution in [0, 0.1) is 17.3 Å². The summed E-state index contributed by atoms with van der Waals surface area (Å²) in [5, 5.41) is 4.38. The van der Waals surface area contributed by atoms with Crippen LogP contribution in [0.25, 0.3) is 0 Å². The summed E-state index contributed by atoms with van der Waals surface area (Å²) in [5.41, 5.74) is 0.257. The van der Waals surface area contributed by atoms with Crippen molar-refractivity contribution in [2.45, 2.75) is 45.1 Å². The van der Waals surface area contributed by atoms with Crippen LogP contribution in [0.3, 0.4) is 0 Å². The van der Waals surface area contributed by atoms with Gasteiger partial charge in [-0.05, 0) is 44.6 Å². The van der Waals surface area contributed by atoms with Crippen molar-refractivity contribution in [1.82, 2.24) is 0 Å². The number of hydrogen-bond donors (Lipinski definition) is 0. The highest BCUT2D eigenvalue weighted by atomic mass is 16.6. The van der Waals surface area contributed by atoms with E-state index >= 15 is 0 Å². The van der Waals surface area contributed by atoms with Crippen LogP contribution in [0.15, 0.2) is 35.5 Å². The molecule has 2 fully saturated rings. The molecule has 4 rings (SSSR count). The zero-order valence-electron chi connectivity index (χ0n) is 15.7. The van der Waals surface area contributed by atoms with Gasteiger partial charge in [-0.1, -0.05) is 35.5 Å². The van der Waals surface area contributed by atoms with E-state index < -0.39 is 23.3 Å². The Morgan fingerprint density at radius 3 is 2.41 bits per heavy atom. The summed E-state index contributed by atoms with van der Waals surface area (Å²) in [6.07, 6.45) is 2.45. The summed E-state index contributed by atoms with van der Waals surface area (Å²) < 4.78 is 10.9. The molecule has 0 saturated heterocycles. The van der Waals surface area contributed by atoms with Gasteiger partial charge in [0.1, 0.15) is 6.10 Å². The second-order valence-electron chi connectivity index (χ2n) is 7.38. The van der Waals surface area contributed by atoms with Crippen LogP contribution in [0.1, 0.15) is 44.6 Å². The zero-order valence-corrected chi connectivity index (χ0v) is 15.7. The lowest BCUT2D eigenvalue weighted by atomic mass is 9.65. The van der Waals surface area contributed by atoms with Crippen molar-refractivity contribution in [1.29, 1.82) is 0 Å². The van der Waals surface area contributed by atoms with Gasteiger partial charge in [-0.15, -0.1) is 0 Å². The van der Waals surface area contributed by atoms with Crippen molar-refractivity contribution in [2.24, 2.45) is 22.4 Å². The molecule has 0 N–H and O–H groups in total. The van der Waals surface area contributed by atoms with E-state index in [-0.39, 0.29) is 31.2 Å². The van der Waals surface area contributed by atoms with Crippen LogP contribution < -0.4 is 0 Å². The zero-order chi connectivity index (χ0) is 19.0. The number of rotatable bonds is 5. The van der Waals surface area contributed by atoms with E-state index in [9.17, 15) is 9.59 Å². The van der Waals surface area contributed by atoms with Crippen molar-refractivity contribution < 1.29 is 23.9 Å². The van der Waals surface area contributed by atoms with E-state index in [1.165, 1.54) is 0 Å². The topological polar surface area (TPSA) is 74.2 Å². The molecule has 2 aliphatic carbocycles. The van der Waals surface area contributed by atoms with Gasteiger partial charge < -0.3 is 14.3 Å². The van der Waals surface area contributed by atoms with Crippen molar-refractivity contribution in [2.75, 3.05) is 13.2 Å². The van der Waals surface area contributed by atoms with Crippen LogP contribution in [-0.2, 0) is 23.9 Å². The molecule has 6 nitrogen and oxygen atoms in total. The second kappa shape index (κ2) is 6.98. The predicted molar refractivity (Wildman–Crippen MR) is 98.0 cm³/mol. The first-order valence-corrected chi connectivity index (χ1v) is 9.79. The molecule has 2 saturated carbocycles. The summed E-state index contributed by atoms with van der Waals surface area (Å²) in [5.74, 6) is -1.78. The Hall–Kier alpha value is -2.37. The maximum absolute atomic E-state index is 13.4. The number of oxime groups is 1. The lowest BCUT2D eigenvalue weighted by molar-refractivity contribution is -0.179. The molecule has 0 spiro atoms. The van der Waals surface area contributed by atoms with Gasteiger partial charge in [0.15, 0.2) is 5.41 Å². The van der Waals surface area contributed by atoms with Gasteiger partial charge in [-0.2, -0.15) is 0 Å². The summed E-state index contributed by atoms with van der Waals surface area (Å²) in [6, 6.07) is 9.60. The number of esters is 2. The Bertz CT molecular complexity index is 741. The molecule has 1 heterocycles. The molecule has 1 aromatic carbocycles. The third kappa shape index (κ3) is 2.49. The SMILES string of the molecule is CCOC(=O)C1(C(=O)OCC)[C@@H](c2ccccc2)C2=NO[C@@H]3CCC[C@H]1[C@H]23. The molecule has 4 atom stereocenters. The Labute approximate surface area is 158 Å². The standard InChI is InChI=1S/C21H25NO5/c1-3-25-19(23)21(20(24)26-4-2)14-11-8-12-15-16(14)18(22-27-15)17(21)13-9-6-5-7-10-13/h5-7,9-10,14-17H,3-4,8,11-12H2,1-2H3/t14-,15+,16-,17-/m0/s1. The first kappa shape index (κ1) is 18.0. The molecule has 6 heteroatoms. The normalized spacial score (nSPS) is 30.1. The third-order valence-electron chi connectivity index (χ3n) is 6.17. The number of ether oxygens (including phenoxy) is 2. The van der Waals surface area contributed by atoms with Gasteiger partial charge in [0.25, 0.3) is 0 Å². The lowest BCUT2D eigenvalue weighted by Gasteiger charge is -2.38. The van der Waals surface area contributed by atoms with Crippen LogP contribution in [0.5, 0.6) is 0 Å². The van der Waals surface area contributed by atoms with E-state index in [4.69, 9.17) is 14.3 Å². The van der Waals surface area contributed by atoms with Crippen LogP contribution in [0.4, 0.5) is 0 Å². The Balaban J connectivity index is 1.93. The molecule has 1 aliphatic heterocycles. The fraction of sp³-hybridized carbons (Fsp3) is 0.571. The molecule has 3 aliphatic rings. The second-order valence-corrected chi connectivity index (χ2v) is 7.38. The minimum absolute atomic E-state index is 0.0437. The summed E-state index contributed by atoms with van der Waals surface area (Å²) in [4.78, 5) is 32.5. The van der Waals surface area contributed by atoms with Crippen molar-refractivity contribution in [3.05, 3.63) is 35.9 Å². The van der Waals surface area contributed by atoms with Crippen LogP contribution in [-0.4, -0.2) is 37.0 Å².